The molecule has 1 N–H and O–H groups in total. The van der Waals surface area contributed by atoms with Crippen LogP contribution in [-0.2, 0) is 0 Å². The first-order chi connectivity index (χ1) is 13.7. The first-order valence-electron chi connectivity index (χ1n) is 8.45. The number of nitrogens with zero attached hydrogens (tertiary/aromatic N) is 3. The van der Waals surface area contributed by atoms with Gasteiger partial charge in [0, 0.05) is 10.0 Å². The predicted molar refractivity (Wildman–Crippen MR) is 116 cm³/mol. The highest BCUT2D eigenvalue weighted by molar-refractivity contribution is 9.10. The monoisotopic (exact) mass is 449 g/mol. The van der Waals surface area contributed by atoms with Gasteiger partial charge < -0.3 is 9.52 Å². The maximum atomic E-state index is 10.2. The second-order valence-electron chi connectivity index (χ2n) is 6.10. The standard InChI is InChI=1S/C21H12BrN3O2S/c22-13-8-9-16-18(10-13)28-21(25-16)23-11-17-20(26)27-19(24-17)15-7-3-5-12-4-1-2-6-14(12)15/h1-11,26H. The normalized spacial score (nSPS) is 11.8. The van der Waals surface area contributed by atoms with E-state index in [-0.39, 0.29) is 11.6 Å². The maximum Gasteiger partial charge on any atom is 0.312 e. The third-order valence-electron chi connectivity index (χ3n) is 4.29. The topological polar surface area (TPSA) is 71.5 Å². The molecule has 0 spiro atoms. The average molecular weight is 450 g/mol. The molecule has 5 nitrogen and oxygen atoms in total. The van der Waals surface area contributed by atoms with Gasteiger partial charge in [0.05, 0.1) is 16.4 Å². The molecule has 136 valence electrons. The largest absolute Gasteiger partial charge is 0.479 e. The number of aromatic hydroxyl groups is 1. The van der Waals surface area contributed by atoms with Crippen LogP contribution in [0.15, 0.2) is 74.5 Å². The summed E-state index contributed by atoms with van der Waals surface area (Å²) < 4.78 is 7.53. The first-order valence-corrected chi connectivity index (χ1v) is 10.1. The zero-order valence-electron chi connectivity index (χ0n) is 14.3. The van der Waals surface area contributed by atoms with Crippen LogP contribution in [0.25, 0.3) is 32.4 Å². The molecular weight excluding hydrogens is 438 g/mol. The molecule has 0 saturated carbocycles. The molecule has 5 rings (SSSR count). The molecule has 0 radical (unpaired) electrons. The van der Waals surface area contributed by atoms with E-state index >= 15 is 0 Å². The lowest BCUT2D eigenvalue weighted by molar-refractivity contribution is 0.337. The number of oxazole rings is 1. The fraction of sp³-hybridized carbons (Fsp3) is 0. The molecule has 0 saturated heterocycles. The number of thiazole rings is 1. The zero-order valence-corrected chi connectivity index (χ0v) is 16.7. The van der Waals surface area contributed by atoms with Crippen molar-refractivity contribution in [1.82, 2.24) is 9.97 Å². The third kappa shape index (κ3) is 3.08. The van der Waals surface area contributed by atoms with Gasteiger partial charge in [-0.3, -0.25) is 0 Å². The predicted octanol–water partition coefficient (Wildman–Crippen LogP) is 6.32. The highest BCUT2D eigenvalue weighted by Crippen LogP contribution is 2.33. The number of benzene rings is 3. The van der Waals surface area contributed by atoms with Gasteiger partial charge in [0.2, 0.25) is 11.0 Å². The fourth-order valence-electron chi connectivity index (χ4n) is 2.99. The van der Waals surface area contributed by atoms with Crippen molar-refractivity contribution in [3.63, 3.8) is 0 Å². The minimum Gasteiger partial charge on any atom is -0.479 e. The molecule has 2 heterocycles. The van der Waals surface area contributed by atoms with E-state index in [1.54, 1.807) is 0 Å². The number of rotatable bonds is 3. The molecule has 0 fully saturated rings. The van der Waals surface area contributed by atoms with Gasteiger partial charge in [-0.25, -0.2) is 15.0 Å². The Kier molecular flexibility index (Phi) is 4.18. The molecule has 2 aromatic heterocycles. The SMILES string of the molecule is Oc1oc(-c2cccc3ccccc23)nc1C=Nc1nc2ccc(Br)cc2s1. The molecule has 7 heteroatoms. The van der Waals surface area contributed by atoms with E-state index in [2.05, 4.69) is 30.9 Å². The smallest absolute Gasteiger partial charge is 0.312 e. The summed E-state index contributed by atoms with van der Waals surface area (Å²) in [6, 6.07) is 19.7. The van der Waals surface area contributed by atoms with E-state index < -0.39 is 0 Å². The number of aromatic nitrogens is 2. The molecular formula is C21H12BrN3O2S. The Hall–Kier alpha value is -3.03. The van der Waals surface area contributed by atoms with Gasteiger partial charge in [-0.1, -0.05) is 63.7 Å². The summed E-state index contributed by atoms with van der Waals surface area (Å²) in [4.78, 5) is 13.2. The van der Waals surface area contributed by atoms with Crippen molar-refractivity contribution in [2.24, 2.45) is 4.99 Å². The Bertz CT molecular complexity index is 1350. The molecule has 0 atom stereocenters. The van der Waals surface area contributed by atoms with Crippen molar-refractivity contribution >= 4 is 59.6 Å². The molecule has 0 unspecified atom stereocenters. The second-order valence-corrected chi connectivity index (χ2v) is 8.03. The minimum absolute atomic E-state index is 0.267. The minimum atomic E-state index is -0.268. The highest BCUT2D eigenvalue weighted by atomic mass is 79.9. The summed E-state index contributed by atoms with van der Waals surface area (Å²) >= 11 is 4.92. The van der Waals surface area contributed by atoms with E-state index in [0.717, 1.165) is 31.0 Å². The van der Waals surface area contributed by atoms with Crippen molar-refractivity contribution < 1.29 is 9.52 Å². The summed E-state index contributed by atoms with van der Waals surface area (Å²) in [5, 5.41) is 12.8. The average Bonchev–Trinajstić information content (AvgIpc) is 3.28. The van der Waals surface area contributed by atoms with Crippen LogP contribution in [0, 0.1) is 0 Å². The Labute approximate surface area is 172 Å². The number of hydrogen-bond acceptors (Lipinski definition) is 6. The van der Waals surface area contributed by atoms with Crippen LogP contribution < -0.4 is 0 Å². The first kappa shape index (κ1) is 17.1. The molecule has 0 aliphatic rings. The molecule has 28 heavy (non-hydrogen) atoms. The van der Waals surface area contributed by atoms with E-state index in [0.29, 0.717) is 11.0 Å². The van der Waals surface area contributed by atoms with Crippen LogP contribution in [0.1, 0.15) is 5.69 Å². The Morgan fingerprint density at radius 2 is 1.89 bits per heavy atom. The van der Waals surface area contributed by atoms with E-state index in [1.165, 1.54) is 17.6 Å². The molecule has 0 aliphatic carbocycles. The van der Waals surface area contributed by atoms with Gasteiger partial charge in [-0.05, 0) is 35.0 Å². The number of aliphatic imine (C=N–C) groups is 1. The maximum absolute atomic E-state index is 10.2. The summed E-state index contributed by atoms with van der Waals surface area (Å²) in [7, 11) is 0. The van der Waals surface area contributed by atoms with Gasteiger partial charge in [0.1, 0.15) is 0 Å². The van der Waals surface area contributed by atoms with E-state index in [9.17, 15) is 5.11 Å². The van der Waals surface area contributed by atoms with Crippen LogP contribution in [-0.4, -0.2) is 21.3 Å². The Morgan fingerprint density at radius 3 is 2.82 bits per heavy atom. The molecule has 0 amide bonds. The van der Waals surface area contributed by atoms with Gasteiger partial charge >= 0.3 is 5.95 Å². The quantitative estimate of drug-likeness (QED) is 0.327. The summed E-state index contributed by atoms with van der Waals surface area (Å²) in [6.07, 6.45) is 1.47. The van der Waals surface area contributed by atoms with E-state index in [4.69, 9.17) is 4.42 Å². The molecule has 3 aromatic carbocycles. The molecule has 5 aromatic rings. The molecule has 0 aliphatic heterocycles. The Balaban J connectivity index is 1.51. The fourth-order valence-corrected chi connectivity index (χ4v) is 4.36. The summed E-state index contributed by atoms with van der Waals surface area (Å²) in [5.74, 6) is 0.0829. The van der Waals surface area contributed by atoms with Gasteiger partial charge in [0.25, 0.3) is 0 Å². The zero-order chi connectivity index (χ0) is 19.1. The van der Waals surface area contributed by atoms with Crippen LogP contribution in [0.5, 0.6) is 5.95 Å². The van der Waals surface area contributed by atoms with Crippen molar-refractivity contribution in [2.75, 3.05) is 0 Å². The number of fused-ring (bicyclic) bond motifs is 2. The van der Waals surface area contributed by atoms with E-state index in [1.807, 2.05) is 60.7 Å². The lowest BCUT2D eigenvalue weighted by atomic mass is 10.0. The third-order valence-corrected chi connectivity index (χ3v) is 5.71. The lowest BCUT2D eigenvalue weighted by Gasteiger charge is -2.01. The van der Waals surface area contributed by atoms with Crippen molar-refractivity contribution in [3.8, 4) is 17.4 Å². The summed E-state index contributed by atoms with van der Waals surface area (Å²) in [6.45, 7) is 0. The second kappa shape index (κ2) is 6.85. The van der Waals surface area contributed by atoms with Gasteiger partial charge in [0.15, 0.2) is 5.69 Å². The van der Waals surface area contributed by atoms with Crippen LogP contribution in [0.3, 0.4) is 0 Å². The van der Waals surface area contributed by atoms with Crippen LogP contribution in [0.4, 0.5) is 5.13 Å². The van der Waals surface area contributed by atoms with Crippen molar-refractivity contribution in [3.05, 3.63) is 70.8 Å². The molecule has 0 bridgehead atoms. The lowest BCUT2D eigenvalue weighted by Crippen LogP contribution is -1.84. The number of hydrogen-bond donors (Lipinski definition) is 1. The van der Waals surface area contributed by atoms with Crippen molar-refractivity contribution in [1.29, 1.82) is 0 Å². The van der Waals surface area contributed by atoms with Gasteiger partial charge in [-0.2, -0.15) is 0 Å². The van der Waals surface area contributed by atoms with Crippen LogP contribution >= 0.6 is 27.3 Å². The van der Waals surface area contributed by atoms with Gasteiger partial charge in [-0.15, -0.1) is 0 Å². The summed E-state index contributed by atoms with van der Waals surface area (Å²) in [5.41, 5.74) is 1.96. The number of halogens is 1. The highest BCUT2D eigenvalue weighted by Gasteiger charge is 2.15. The Morgan fingerprint density at radius 1 is 1.04 bits per heavy atom. The van der Waals surface area contributed by atoms with Crippen molar-refractivity contribution in [2.45, 2.75) is 0 Å². The van der Waals surface area contributed by atoms with Crippen LogP contribution in [0.2, 0.25) is 0 Å².